The van der Waals surface area contributed by atoms with Crippen molar-refractivity contribution < 1.29 is 0 Å². The first kappa shape index (κ1) is 18.6. The maximum Gasteiger partial charge on any atom is -0.0233 e. The molecule has 0 aromatic carbocycles. The zero-order valence-electron chi connectivity index (χ0n) is 15.2. The van der Waals surface area contributed by atoms with Crippen LogP contribution >= 0.6 is 0 Å². The third-order valence-electron chi connectivity index (χ3n) is 6.29. The van der Waals surface area contributed by atoms with Crippen molar-refractivity contribution in [1.82, 2.24) is 0 Å². The van der Waals surface area contributed by atoms with Crippen LogP contribution in [0.25, 0.3) is 0 Å². The van der Waals surface area contributed by atoms with Crippen LogP contribution in [0.2, 0.25) is 0 Å². The van der Waals surface area contributed by atoms with Gasteiger partial charge in [-0.2, -0.15) is 0 Å². The fraction of sp³-hybridized carbons (Fsp3) is 0.739. The lowest BCUT2D eigenvalue weighted by Gasteiger charge is -2.28. The van der Waals surface area contributed by atoms with Gasteiger partial charge in [-0.05, 0) is 94.3 Å². The molecule has 0 aromatic rings. The molecular weight excluding hydrogens is 276 g/mol. The van der Waals surface area contributed by atoms with E-state index >= 15 is 0 Å². The second-order valence-corrected chi connectivity index (χ2v) is 8.06. The van der Waals surface area contributed by atoms with Crippen LogP contribution in [0.1, 0.15) is 83.5 Å². The Hall–Kier alpha value is -0.780. The fourth-order valence-electron chi connectivity index (χ4n) is 4.64. The van der Waals surface area contributed by atoms with Crippen molar-refractivity contribution in [2.75, 3.05) is 0 Å². The molecule has 0 aromatic heterocycles. The highest BCUT2D eigenvalue weighted by atomic mass is 14.3. The third kappa shape index (κ3) is 7.10. The maximum atomic E-state index is 3.88. The van der Waals surface area contributed by atoms with E-state index in [4.69, 9.17) is 0 Å². The largest absolute Gasteiger partial charge is 0.103 e. The minimum Gasteiger partial charge on any atom is -0.103 e. The molecule has 0 nitrogen and oxygen atoms in total. The van der Waals surface area contributed by atoms with Gasteiger partial charge in [0.05, 0.1) is 0 Å². The van der Waals surface area contributed by atoms with Crippen LogP contribution in [-0.2, 0) is 0 Å². The van der Waals surface area contributed by atoms with Gasteiger partial charge >= 0.3 is 0 Å². The highest BCUT2D eigenvalue weighted by Crippen LogP contribution is 2.34. The van der Waals surface area contributed by atoms with E-state index in [0.29, 0.717) is 0 Å². The van der Waals surface area contributed by atoms with Gasteiger partial charge in [-0.25, -0.2) is 0 Å². The van der Waals surface area contributed by atoms with Crippen LogP contribution in [-0.4, -0.2) is 0 Å². The van der Waals surface area contributed by atoms with Crippen molar-refractivity contribution in [3.63, 3.8) is 0 Å². The first-order valence-corrected chi connectivity index (χ1v) is 10.2. The first-order valence-electron chi connectivity index (χ1n) is 10.2. The Morgan fingerprint density at radius 3 is 1.83 bits per heavy atom. The SMILES string of the molecule is C=CCC[C@H]1CC[C@H](/C=C/CC[C@H]2CC[C@H](CC=C)CC2)CC1. The van der Waals surface area contributed by atoms with Crippen molar-refractivity contribution in [2.24, 2.45) is 23.7 Å². The summed E-state index contributed by atoms with van der Waals surface area (Å²) in [6.45, 7) is 7.73. The molecule has 0 bridgehead atoms. The van der Waals surface area contributed by atoms with Crippen LogP contribution in [0.15, 0.2) is 37.5 Å². The van der Waals surface area contributed by atoms with Gasteiger partial charge in [0.15, 0.2) is 0 Å². The Bertz CT molecular complexity index is 348. The van der Waals surface area contributed by atoms with Gasteiger partial charge in [0.2, 0.25) is 0 Å². The molecule has 2 aliphatic rings. The smallest absolute Gasteiger partial charge is 0.0233 e. The highest BCUT2D eigenvalue weighted by Gasteiger charge is 2.20. The molecule has 0 aliphatic heterocycles. The zero-order valence-corrected chi connectivity index (χ0v) is 15.2. The Kier molecular flexibility index (Phi) is 8.79. The standard InChI is InChI=1S/C23H38/c1-3-5-9-21-16-18-23(19-17-21)11-7-6-10-22-14-12-20(8-4-2)13-15-22/h3-4,7,11,20-23H,1-2,5-6,8-10,12-19H2/b11-7+/t20-,21-,22-,23-. The molecule has 2 rings (SSSR count). The lowest BCUT2D eigenvalue weighted by Crippen LogP contribution is -2.14. The van der Waals surface area contributed by atoms with Crippen LogP contribution in [0.4, 0.5) is 0 Å². The van der Waals surface area contributed by atoms with Gasteiger partial charge in [-0.15, -0.1) is 13.2 Å². The lowest BCUT2D eigenvalue weighted by molar-refractivity contribution is 0.265. The van der Waals surface area contributed by atoms with E-state index in [9.17, 15) is 0 Å². The normalized spacial score (nSPS) is 32.0. The maximum absolute atomic E-state index is 3.88. The highest BCUT2D eigenvalue weighted by molar-refractivity contribution is 4.92. The Balaban J connectivity index is 1.54. The van der Waals surface area contributed by atoms with E-state index in [1.165, 1.54) is 83.5 Å². The predicted octanol–water partition coefficient (Wildman–Crippen LogP) is 7.48. The van der Waals surface area contributed by atoms with Crippen molar-refractivity contribution >= 4 is 0 Å². The van der Waals surface area contributed by atoms with E-state index in [-0.39, 0.29) is 0 Å². The molecule has 0 atom stereocenters. The monoisotopic (exact) mass is 314 g/mol. The summed E-state index contributed by atoms with van der Waals surface area (Å²) in [6, 6.07) is 0. The Morgan fingerprint density at radius 1 is 0.652 bits per heavy atom. The molecule has 2 aliphatic carbocycles. The number of hydrogen-bond donors (Lipinski definition) is 0. The van der Waals surface area contributed by atoms with E-state index in [1.54, 1.807) is 0 Å². The summed E-state index contributed by atoms with van der Waals surface area (Å²) < 4.78 is 0. The molecular formula is C23H38. The van der Waals surface area contributed by atoms with E-state index in [1.807, 2.05) is 0 Å². The predicted molar refractivity (Wildman–Crippen MR) is 104 cm³/mol. The first-order chi connectivity index (χ1) is 11.3. The average molecular weight is 315 g/mol. The van der Waals surface area contributed by atoms with Gasteiger partial charge in [0.1, 0.15) is 0 Å². The minimum atomic E-state index is 0.873. The average Bonchev–Trinajstić information content (AvgIpc) is 2.59. The number of rotatable bonds is 9. The second kappa shape index (κ2) is 10.9. The Morgan fingerprint density at radius 2 is 1.22 bits per heavy atom. The van der Waals surface area contributed by atoms with Gasteiger partial charge in [0, 0.05) is 0 Å². The molecule has 0 heterocycles. The third-order valence-corrected chi connectivity index (χ3v) is 6.29. The Labute approximate surface area is 145 Å². The van der Waals surface area contributed by atoms with Crippen molar-refractivity contribution in [3.8, 4) is 0 Å². The van der Waals surface area contributed by atoms with Crippen LogP contribution in [0.3, 0.4) is 0 Å². The zero-order chi connectivity index (χ0) is 16.3. The van der Waals surface area contributed by atoms with Crippen LogP contribution in [0.5, 0.6) is 0 Å². The number of allylic oxidation sites excluding steroid dienone is 4. The van der Waals surface area contributed by atoms with Gasteiger partial charge < -0.3 is 0 Å². The molecule has 0 N–H and O–H groups in total. The van der Waals surface area contributed by atoms with Crippen LogP contribution < -0.4 is 0 Å². The van der Waals surface area contributed by atoms with Gasteiger partial charge in [-0.3, -0.25) is 0 Å². The topological polar surface area (TPSA) is 0 Å². The summed E-state index contributed by atoms with van der Waals surface area (Å²) in [4.78, 5) is 0. The molecule has 2 saturated carbocycles. The summed E-state index contributed by atoms with van der Waals surface area (Å²) in [5.41, 5.74) is 0. The summed E-state index contributed by atoms with van der Waals surface area (Å²) in [5, 5.41) is 0. The summed E-state index contributed by atoms with van der Waals surface area (Å²) in [6.07, 6.45) is 27.3. The summed E-state index contributed by atoms with van der Waals surface area (Å²) >= 11 is 0. The summed E-state index contributed by atoms with van der Waals surface area (Å²) in [7, 11) is 0. The molecule has 0 heteroatoms. The molecule has 130 valence electrons. The molecule has 23 heavy (non-hydrogen) atoms. The van der Waals surface area contributed by atoms with E-state index in [0.717, 1.165) is 23.7 Å². The molecule has 2 fully saturated rings. The fourth-order valence-corrected chi connectivity index (χ4v) is 4.64. The van der Waals surface area contributed by atoms with E-state index < -0.39 is 0 Å². The molecule has 0 saturated heterocycles. The molecule has 0 spiro atoms. The van der Waals surface area contributed by atoms with Crippen molar-refractivity contribution in [1.29, 1.82) is 0 Å². The quantitative estimate of drug-likeness (QED) is 0.387. The number of hydrogen-bond acceptors (Lipinski definition) is 0. The van der Waals surface area contributed by atoms with E-state index in [2.05, 4.69) is 37.5 Å². The van der Waals surface area contributed by atoms with Gasteiger partial charge in [0.25, 0.3) is 0 Å². The molecule has 0 unspecified atom stereocenters. The van der Waals surface area contributed by atoms with Crippen molar-refractivity contribution in [3.05, 3.63) is 37.5 Å². The van der Waals surface area contributed by atoms with Crippen LogP contribution in [0, 0.1) is 23.7 Å². The lowest BCUT2D eigenvalue weighted by atomic mass is 9.78. The minimum absolute atomic E-state index is 0.873. The van der Waals surface area contributed by atoms with Crippen molar-refractivity contribution in [2.45, 2.75) is 83.5 Å². The second-order valence-electron chi connectivity index (χ2n) is 8.06. The van der Waals surface area contributed by atoms with Gasteiger partial charge in [-0.1, -0.05) is 37.1 Å². The summed E-state index contributed by atoms with van der Waals surface area (Å²) in [5.74, 6) is 3.78. The molecule has 0 amide bonds. The molecule has 0 radical (unpaired) electrons.